The predicted octanol–water partition coefficient (Wildman–Crippen LogP) is 4.43. The van der Waals surface area contributed by atoms with Crippen LogP contribution in [0.3, 0.4) is 0 Å². The number of para-hydroxylation sites is 2. The van der Waals surface area contributed by atoms with E-state index in [0.29, 0.717) is 5.75 Å². The number of nitrogens with one attached hydrogen (secondary N) is 1. The zero-order valence-corrected chi connectivity index (χ0v) is 14.7. The van der Waals surface area contributed by atoms with E-state index in [-0.39, 0.29) is 17.7 Å². The minimum Gasteiger partial charge on any atom is -0.453 e. The first-order valence-corrected chi connectivity index (χ1v) is 8.44. The topological polar surface area (TPSA) is 55.4 Å². The monoisotopic (exact) mass is 363 g/mol. The van der Waals surface area contributed by atoms with Crippen molar-refractivity contribution < 1.29 is 18.7 Å². The maximum absolute atomic E-state index is 14.2. The maximum Gasteiger partial charge on any atom is 0.261 e. The Balaban J connectivity index is 1.76. The van der Waals surface area contributed by atoms with E-state index in [1.165, 1.54) is 18.2 Å². The van der Waals surface area contributed by atoms with Crippen LogP contribution in [0.4, 0.5) is 4.39 Å². The van der Waals surface area contributed by atoms with Gasteiger partial charge in [0.25, 0.3) is 5.91 Å². The molecule has 0 aliphatic heterocycles. The lowest BCUT2D eigenvalue weighted by Crippen LogP contribution is -2.32. The zero-order valence-electron chi connectivity index (χ0n) is 14.7. The molecule has 27 heavy (non-hydrogen) atoms. The average Bonchev–Trinajstić information content (AvgIpc) is 2.64. The van der Waals surface area contributed by atoms with E-state index in [9.17, 15) is 14.0 Å². The number of amides is 2. The number of ether oxygens (including phenoxy) is 1. The van der Waals surface area contributed by atoms with Crippen LogP contribution in [-0.2, 0) is 11.2 Å². The molecule has 0 atom stereocenters. The maximum atomic E-state index is 14.2. The van der Waals surface area contributed by atoms with Gasteiger partial charge in [-0.2, -0.15) is 0 Å². The first-order valence-electron chi connectivity index (χ1n) is 8.44. The molecule has 0 aliphatic carbocycles. The van der Waals surface area contributed by atoms with E-state index in [0.717, 1.165) is 11.1 Å². The normalized spacial score (nSPS) is 10.3. The molecule has 1 N–H and O–H groups in total. The summed E-state index contributed by atoms with van der Waals surface area (Å²) in [7, 11) is 0. The molecule has 136 valence electrons. The second kappa shape index (κ2) is 8.27. The Morgan fingerprint density at radius 1 is 0.963 bits per heavy atom. The number of carbonyl (C=O) groups is 2. The highest BCUT2D eigenvalue weighted by Crippen LogP contribution is 2.28. The first kappa shape index (κ1) is 18.3. The summed E-state index contributed by atoms with van der Waals surface area (Å²) in [5.74, 6) is -1.69. The van der Waals surface area contributed by atoms with E-state index in [1.807, 2.05) is 31.2 Å². The first-order chi connectivity index (χ1) is 13.0. The van der Waals surface area contributed by atoms with Crippen LogP contribution in [0.15, 0.2) is 72.8 Å². The van der Waals surface area contributed by atoms with E-state index < -0.39 is 17.6 Å². The number of imide groups is 1. The summed E-state index contributed by atoms with van der Waals surface area (Å²) in [5.41, 5.74) is 1.77. The SMILES string of the molecule is Cc1cccc(CC(=O)NC(=O)c2cccc(F)c2Oc2ccccc2)c1. The van der Waals surface area contributed by atoms with Crippen molar-refractivity contribution in [1.29, 1.82) is 0 Å². The third-order valence-electron chi connectivity index (χ3n) is 3.87. The van der Waals surface area contributed by atoms with Crippen molar-refractivity contribution in [3.05, 3.63) is 95.3 Å². The molecule has 0 fully saturated rings. The van der Waals surface area contributed by atoms with E-state index >= 15 is 0 Å². The van der Waals surface area contributed by atoms with Crippen LogP contribution in [0.1, 0.15) is 21.5 Å². The van der Waals surface area contributed by atoms with Crippen molar-refractivity contribution in [2.24, 2.45) is 0 Å². The van der Waals surface area contributed by atoms with Crippen molar-refractivity contribution >= 4 is 11.8 Å². The smallest absolute Gasteiger partial charge is 0.261 e. The summed E-state index contributed by atoms with van der Waals surface area (Å²) in [6.07, 6.45) is 0.0532. The van der Waals surface area contributed by atoms with Gasteiger partial charge in [-0.1, -0.05) is 54.1 Å². The molecule has 0 spiro atoms. The zero-order chi connectivity index (χ0) is 19.2. The standard InChI is InChI=1S/C22H18FNO3/c1-15-7-5-8-16(13-15)14-20(25)24-22(26)18-11-6-12-19(23)21(18)27-17-9-3-2-4-10-17/h2-13H,14H2,1H3,(H,24,25,26). The molecule has 3 rings (SSSR count). The molecule has 0 heterocycles. The highest BCUT2D eigenvalue weighted by Gasteiger charge is 2.19. The van der Waals surface area contributed by atoms with Gasteiger partial charge in [-0.05, 0) is 36.8 Å². The fourth-order valence-corrected chi connectivity index (χ4v) is 2.64. The molecule has 0 unspecified atom stereocenters. The Morgan fingerprint density at radius 3 is 2.44 bits per heavy atom. The number of hydrogen-bond acceptors (Lipinski definition) is 3. The summed E-state index contributed by atoms with van der Waals surface area (Å²) in [6.45, 7) is 1.92. The quantitative estimate of drug-likeness (QED) is 0.730. The van der Waals surface area contributed by atoms with Crippen LogP contribution >= 0.6 is 0 Å². The summed E-state index contributed by atoms with van der Waals surface area (Å²) in [6, 6.07) is 20.0. The second-order valence-corrected chi connectivity index (χ2v) is 6.07. The Morgan fingerprint density at radius 2 is 1.70 bits per heavy atom. The Bertz CT molecular complexity index is 970. The molecular formula is C22H18FNO3. The fourth-order valence-electron chi connectivity index (χ4n) is 2.64. The van der Waals surface area contributed by atoms with E-state index in [1.54, 1.807) is 30.3 Å². The fraction of sp³-hybridized carbons (Fsp3) is 0.0909. The number of aryl methyl sites for hydroxylation is 1. The van der Waals surface area contributed by atoms with Crippen LogP contribution in [0.5, 0.6) is 11.5 Å². The molecule has 0 radical (unpaired) electrons. The van der Waals surface area contributed by atoms with Crippen molar-refractivity contribution in [2.45, 2.75) is 13.3 Å². The number of halogens is 1. The van der Waals surface area contributed by atoms with Crippen molar-refractivity contribution in [3.63, 3.8) is 0 Å². The van der Waals surface area contributed by atoms with Crippen molar-refractivity contribution in [3.8, 4) is 11.5 Å². The molecule has 0 saturated carbocycles. The Kier molecular flexibility index (Phi) is 5.61. The van der Waals surface area contributed by atoms with Gasteiger partial charge in [0.15, 0.2) is 11.6 Å². The summed E-state index contributed by atoms with van der Waals surface area (Å²) < 4.78 is 19.8. The van der Waals surface area contributed by atoms with Gasteiger partial charge in [-0.25, -0.2) is 4.39 Å². The number of hydrogen-bond donors (Lipinski definition) is 1. The van der Waals surface area contributed by atoms with Crippen LogP contribution in [0, 0.1) is 12.7 Å². The highest BCUT2D eigenvalue weighted by atomic mass is 19.1. The largest absolute Gasteiger partial charge is 0.453 e. The molecule has 2 amide bonds. The lowest BCUT2D eigenvalue weighted by atomic mass is 10.1. The molecule has 0 aliphatic rings. The van der Waals surface area contributed by atoms with Gasteiger partial charge in [-0.3, -0.25) is 14.9 Å². The Hall–Kier alpha value is -3.47. The molecule has 5 heteroatoms. The summed E-state index contributed by atoms with van der Waals surface area (Å²) in [5, 5.41) is 2.29. The van der Waals surface area contributed by atoms with E-state index in [4.69, 9.17) is 4.74 Å². The van der Waals surface area contributed by atoms with Gasteiger partial charge in [-0.15, -0.1) is 0 Å². The van der Waals surface area contributed by atoms with Crippen molar-refractivity contribution in [1.82, 2.24) is 5.32 Å². The van der Waals surface area contributed by atoms with Crippen LogP contribution < -0.4 is 10.1 Å². The lowest BCUT2D eigenvalue weighted by Gasteiger charge is -2.12. The summed E-state index contributed by atoms with van der Waals surface area (Å²) in [4.78, 5) is 24.7. The van der Waals surface area contributed by atoms with Gasteiger partial charge in [0.2, 0.25) is 5.91 Å². The van der Waals surface area contributed by atoms with Gasteiger partial charge < -0.3 is 4.74 Å². The van der Waals surface area contributed by atoms with Crippen molar-refractivity contribution in [2.75, 3.05) is 0 Å². The van der Waals surface area contributed by atoms with Crippen LogP contribution in [0.25, 0.3) is 0 Å². The molecule has 0 aromatic heterocycles. The van der Waals surface area contributed by atoms with Crippen LogP contribution in [-0.4, -0.2) is 11.8 Å². The minimum atomic E-state index is -0.710. The van der Waals surface area contributed by atoms with Gasteiger partial charge in [0.1, 0.15) is 5.75 Å². The second-order valence-electron chi connectivity index (χ2n) is 6.07. The minimum absolute atomic E-state index is 0.0450. The third-order valence-corrected chi connectivity index (χ3v) is 3.87. The molecule has 0 saturated heterocycles. The van der Waals surface area contributed by atoms with Crippen LogP contribution in [0.2, 0.25) is 0 Å². The molecule has 0 bridgehead atoms. The third kappa shape index (κ3) is 4.79. The molecule has 3 aromatic rings. The Labute approximate surface area is 156 Å². The molecular weight excluding hydrogens is 345 g/mol. The average molecular weight is 363 g/mol. The predicted molar refractivity (Wildman–Crippen MR) is 100 cm³/mol. The van der Waals surface area contributed by atoms with Gasteiger partial charge >= 0.3 is 0 Å². The molecule has 3 aromatic carbocycles. The van der Waals surface area contributed by atoms with Gasteiger partial charge in [0, 0.05) is 0 Å². The lowest BCUT2D eigenvalue weighted by molar-refractivity contribution is -0.119. The summed E-state index contributed by atoms with van der Waals surface area (Å²) >= 11 is 0. The number of benzene rings is 3. The number of rotatable bonds is 5. The van der Waals surface area contributed by atoms with Gasteiger partial charge in [0.05, 0.1) is 12.0 Å². The van der Waals surface area contributed by atoms with E-state index in [2.05, 4.69) is 5.32 Å². The molecule has 4 nitrogen and oxygen atoms in total. The highest BCUT2D eigenvalue weighted by molar-refractivity contribution is 6.06. The number of carbonyl (C=O) groups excluding carboxylic acids is 2.